The molecule has 1 aromatic carbocycles. The van der Waals surface area contributed by atoms with Gasteiger partial charge in [0.2, 0.25) is 0 Å². The fourth-order valence-corrected chi connectivity index (χ4v) is 2.41. The van der Waals surface area contributed by atoms with Gasteiger partial charge in [-0.25, -0.2) is 9.18 Å². The minimum Gasteiger partial charge on any atom is -0.444 e. The molecule has 0 saturated heterocycles. The van der Waals surface area contributed by atoms with Crippen molar-refractivity contribution in [2.24, 2.45) is 0 Å². The summed E-state index contributed by atoms with van der Waals surface area (Å²) in [5, 5.41) is 5.26. The highest BCUT2D eigenvalue weighted by Crippen LogP contribution is 2.08. The topological polar surface area (TPSA) is 84.5 Å². The predicted molar refractivity (Wildman–Crippen MR) is 101 cm³/mol. The molecule has 0 aliphatic rings. The Kier molecular flexibility index (Phi) is 9.21. The van der Waals surface area contributed by atoms with Crippen LogP contribution >= 0.6 is 11.6 Å². The highest BCUT2D eigenvalue weighted by atomic mass is 35.5. The highest BCUT2D eigenvalue weighted by molar-refractivity contribution is 6.28. The molecule has 0 radical (unpaired) electrons. The van der Waals surface area contributed by atoms with Crippen LogP contribution in [0.5, 0.6) is 0 Å². The molecule has 2 N–H and O–H groups in total. The van der Waals surface area contributed by atoms with Crippen molar-refractivity contribution < 1.29 is 23.5 Å². The minimum absolute atomic E-state index is 0.218. The van der Waals surface area contributed by atoms with E-state index in [1.807, 2.05) is 0 Å². The third-order valence-corrected chi connectivity index (χ3v) is 3.78. The quantitative estimate of drug-likeness (QED) is 0.491. The van der Waals surface area contributed by atoms with Crippen LogP contribution in [0.1, 0.15) is 50.4 Å². The van der Waals surface area contributed by atoms with E-state index >= 15 is 0 Å². The number of Topliss-reactive ketones (excluding diaryl/α,β-unsaturated/α-hetero) is 1. The lowest BCUT2D eigenvalue weighted by molar-refractivity contribution is -0.118. The number of hydrogen-bond donors (Lipinski definition) is 2. The summed E-state index contributed by atoms with van der Waals surface area (Å²) in [6, 6.07) is 4.31. The van der Waals surface area contributed by atoms with Crippen LogP contribution in [0, 0.1) is 5.82 Å². The van der Waals surface area contributed by atoms with Gasteiger partial charge in [-0.05, 0) is 64.3 Å². The van der Waals surface area contributed by atoms with E-state index in [4.69, 9.17) is 16.3 Å². The maximum Gasteiger partial charge on any atom is 0.407 e. The van der Waals surface area contributed by atoms with Gasteiger partial charge in [-0.3, -0.25) is 9.59 Å². The molecule has 0 unspecified atom stereocenters. The van der Waals surface area contributed by atoms with E-state index in [2.05, 4.69) is 10.6 Å². The predicted octanol–water partition coefficient (Wildman–Crippen LogP) is 3.43. The zero-order chi connectivity index (χ0) is 20.4. The zero-order valence-corrected chi connectivity index (χ0v) is 16.6. The van der Waals surface area contributed by atoms with Gasteiger partial charge in [0, 0.05) is 12.1 Å². The number of ether oxygens (including phenoxy) is 1. The summed E-state index contributed by atoms with van der Waals surface area (Å²) in [4.78, 5) is 35.7. The first-order chi connectivity index (χ1) is 12.6. The van der Waals surface area contributed by atoms with Crippen LogP contribution in [-0.2, 0) is 9.53 Å². The molecule has 0 aliphatic heterocycles. The zero-order valence-electron chi connectivity index (χ0n) is 15.8. The Balaban J connectivity index is 2.44. The monoisotopic (exact) mass is 400 g/mol. The first-order valence-corrected chi connectivity index (χ1v) is 9.28. The SMILES string of the molecule is CC(C)(C)OC(=O)NCCCC[C@H](NC(=O)c1ccc(F)cc1)C(=O)CCl. The first-order valence-electron chi connectivity index (χ1n) is 8.74. The number of alkyl carbamates (subject to hydrolysis) is 1. The summed E-state index contributed by atoms with van der Waals surface area (Å²) >= 11 is 5.62. The molecular formula is C19H26ClFN2O4. The Labute approximate surface area is 163 Å². The number of amides is 2. The van der Waals surface area contributed by atoms with E-state index in [-0.39, 0.29) is 17.2 Å². The molecule has 6 nitrogen and oxygen atoms in total. The number of ketones is 1. The Morgan fingerprint density at radius 3 is 2.33 bits per heavy atom. The number of halogens is 2. The molecule has 0 spiro atoms. The van der Waals surface area contributed by atoms with Gasteiger partial charge in [-0.15, -0.1) is 11.6 Å². The molecule has 1 aromatic rings. The molecule has 0 bridgehead atoms. The highest BCUT2D eigenvalue weighted by Gasteiger charge is 2.20. The Hall–Kier alpha value is -2.15. The van der Waals surface area contributed by atoms with Crippen LogP contribution in [0.4, 0.5) is 9.18 Å². The van der Waals surface area contributed by atoms with Gasteiger partial charge in [0.05, 0.1) is 11.9 Å². The van der Waals surface area contributed by atoms with Crippen LogP contribution in [0.2, 0.25) is 0 Å². The van der Waals surface area contributed by atoms with Crippen LogP contribution < -0.4 is 10.6 Å². The van der Waals surface area contributed by atoms with E-state index in [9.17, 15) is 18.8 Å². The Morgan fingerprint density at radius 2 is 1.78 bits per heavy atom. The number of carbonyl (C=O) groups is 3. The molecular weight excluding hydrogens is 375 g/mol. The van der Waals surface area contributed by atoms with Crippen LogP contribution in [0.15, 0.2) is 24.3 Å². The molecule has 2 amide bonds. The molecule has 0 saturated carbocycles. The van der Waals surface area contributed by atoms with E-state index in [0.29, 0.717) is 25.8 Å². The largest absolute Gasteiger partial charge is 0.444 e. The molecule has 8 heteroatoms. The summed E-state index contributed by atoms with van der Waals surface area (Å²) in [5.41, 5.74) is -0.303. The second-order valence-corrected chi connectivity index (χ2v) is 7.32. The van der Waals surface area contributed by atoms with E-state index < -0.39 is 29.5 Å². The second-order valence-electron chi connectivity index (χ2n) is 7.06. The average molecular weight is 401 g/mol. The molecule has 0 fully saturated rings. The van der Waals surface area contributed by atoms with Gasteiger partial charge in [0.25, 0.3) is 5.91 Å². The molecule has 150 valence electrons. The normalized spacial score (nSPS) is 12.2. The van der Waals surface area contributed by atoms with Gasteiger partial charge in [-0.2, -0.15) is 0 Å². The molecule has 27 heavy (non-hydrogen) atoms. The summed E-state index contributed by atoms with van der Waals surface area (Å²) in [6.45, 7) is 5.72. The van der Waals surface area contributed by atoms with Crippen LogP contribution in [-0.4, -0.2) is 41.9 Å². The summed E-state index contributed by atoms with van der Waals surface area (Å²) in [6.07, 6.45) is 1.08. The number of benzene rings is 1. The van der Waals surface area contributed by atoms with Gasteiger partial charge in [0.1, 0.15) is 11.4 Å². The molecule has 0 heterocycles. The van der Waals surface area contributed by atoms with Crippen LogP contribution in [0.25, 0.3) is 0 Å². The number of unbranched alkanes of at least 4 members (excludes halogenated alkanes) is 1. The lowest BCUT2D eigenvalue weighted by atomic mass is 10.1. The summed E-state index contributed by atoms with van der Waals surface area (Å²) < 4.78 is 18.1. The first kappa shape index (κ1) is 22.9. The summed E-state index contributed by atoms with van der Waals surface area (Å²) in [5.74, 6) is -1.43. The van der Waals surface area contributed by atoms with Crippen molar-refractivity contribution in [2.75, 3.05) is 12.4 Å². The lowest BCUT2D eigenvalue weighted by Crippen LogP contribution is -2.41. The van der Waals surface area contributed by atoms with Crippen molar-refractivity contribution >= 4 is 29.4 Å². The smallest absolute Gasteiger partial charge is 0.407 e. The maximum absolute atomic E-state index is 12.9. The fourth-order valence-electron chi connectivity index (χ4n) is 2.23. The third kappa shape index (κ3) is 9.38. The minimum atomic E-state index is -0.735. The molecule has 0 aromatic heterocycles. The second kappa shape index (κ2) is 10.9. The standard InChI is InChI=1S/C19H26ClFN2O4/c1-19(2,3)27-18(26)22-11-5-4-6-15(16(24)12-20)23-17(25)13-7-9-14(21)10-8-13/h7-10,15H,4-6,11-12H2,1-3H3,(H,22,26)(H,23,25)/t15-/m0/s1. The van der Waals surface area contributed by atoms with Gasteiger partial charge in [0.15, 0.2) is 5.78 Å². The number of hydrogen-bond acceptors (Lipinski definition) is 4. The van der Waals surface area contributed by atoms with Crippen molar-refractivity contribution in [1.82, 2.24) is 10.6 Å². The van der Waals surface area contributed by atoms with Gasteiger partial charge in [-0.1, -0.05) is 0 Å². The van der Waals surface area contributed by atoms with E-state index in [0.717, 1.165) is 0 Å². The maximum atomic E-state index is 12.9. The number of rotatable bonds is 9. The molecule has 1 atom stereocenters. The average Bonchev–Trinajstić information content (AvgIpc) is 2.58. The lowest BCUT2D eigenvalue weighted by Gasteiger charge is -2.20. The van der Waals surface area contributed by atoms with Gasteiger partial charge >= 0.3 is 6.09 Å². The Bertz CT molecular complexity index is 644. The van der Waals surface area contributed by atoms with Gasteiger partial charge < -0.3 is 15.4 Å². The molecule has 0 aliphatic carbocycles. The Morgan fingerprint density at radius 1 is 1.15 bits per heavy atom. The number of alkyl halides is 1. The molecule has 1 rings (SSSR count). The number of nitrogens with one attached hydrogen (secondary N) is 2. The van der Waals surface area contributed by atoms with E-state index in [1.54, 1.807) is 20.8 Å². The van der Waals surface area contributed by atoms with Crippen LogP contribution in [0.3, 0.4) is 0 Å². The van der Waals surface area contributed by atoms with Crippen molar-refractivity contribution in [3.63, 3.8) is 0 Å². The fraction of sp³-hybridized carbons (Fsp3) is 0.526. The third-order valence-electron chi connectivity index (χ3n) is 3.52. The number of carbonyl (C=O) groups excluding carboxylic acids is 3. The van der Waals surface area contributed by atoms with Crippen molar-refractivity contribution in [3.05, 3.63) is 35.6 Å². The summed E-state index contributed by atoms with van der Waals surface area (Å²) in [7, 11) is 0. The van der Waals surface area contributed by atoms with Crippen molar-refractivity contribution in [1.29, 1.82) is 0 Å². The van der Waals surface area contributed by atoms with Crippen molar-refractivity contribution in [3.8, 4) is 0 Å². The van der Waals surface area contributed by atoms with Crippen molar-refractivity contribution in [2.45, 2.75) is 51.7 Å². The van der Waals surface area contributed by atoms with E-state index in [1.165, 1.54) is 24.3 Å².